The Morgan fingerprint density at radius 3 is 2.96 bits per heavy atom. The second-order valence-electron chi connectivity index (χ2n) is 5.83. The molecule has 6 heteroatoms. The van der Waals surface area contributed by atoms with E-state index >= 15 is 0 Å². The predicted molar refractivity (Wildman–Crippen MR) is 92.7 cm³/mol. The molecule has 4 rings (SSSR count). The van der Waals surface area contributed by atoms with E-state index in [0.29, 0.717) is 0 Å². The first-order valence-corrected chi connectivity index (χ1v) is 8.72. The Labute approximate surface area is 138 Å². The fourth-order valence-electron chi connectivity index (χ4n) is 2.91. The van der Waals surface area contributed by atoms with Crippen LogP contribution in [-0.4, -0.2) is 28.4 Å². The van der Waals surface area contributed by atoms with Gasteiger partial charge in [0.1, 0.15) is 0 Å². The van der Waals surface area contributed by atoms with Gasteiger partial charge in [0.25, 0.3) is 0 Å². The number of hydrogen-bond donors (Lipinski definition) is 2. The van der Waals surface area contributed by atoms with Crippen molar-refractivity contribution >= 4 is 27.9 Å². The molecule has 1 aliphatic heterocycles. The van der Waals surface area contributed by atoms with Gasteiger partial charge in [0.05, 0.1) is 11.6 Å². The third kappa shape index (κ3) is 3.00. The zero-order valence-corrected chi connectivity index (χ0v) is 13.5. The van der Waals surface area contributed by atoms with Gasteiger partial charge in [0.15, 0.2) is 4.96 Å². The van der Waals surface area contributed by atoms with E-state index in [0.717, 1.165) is 47.8 Å². The van der Waals surface area contributed by atoms with E-state index < -0.39 is 0 Å². The number of carbonyl (C=O) groups is 1. The van der Waals surface area contributed by atoms with Gasteiger partial charge in [-0.1, -0.05) is 12.1 Å². The Balaban J connectivity index is 1.47. The van der Waals surface area contributed by atoms with Crippen molar-refractivity contribution in [3.63, 3.8) is 0 Å². The molecule has 0 aliphatic carbocycles. The Kier molecular flexibility index (Phi) is 3.85. The average molecular weight is 326 g/mol. The van der Waals surface area contributed by atoms with Crippen LogP contribution in [0.25, 0.3) is 16.2 Å². The minimum Gasteiger partial charge on any atom is -0.326 e. The molecule has 1 aliphatic rings. The van der Waals surface area contributed by atoms with E-state index in [9.17, 15) is 4.79 Å². The molecule has 0 unspecified atom stereocenters. The summed E-state index contributed by atoms with van der Waals surface area (Å²) >= 11 is 1.62. The van der Waals surface area contributed by atoms with E-state index in [-0.39, 0.29) is 11.8 Å². The second-order valence-corrected chi connectivity index (χ2v) is 6.70. The van der Waals surface area contributed by atoms with Crippen molar-refractivity contribution in [2.75, 3.05) is 18.4 Å². The molecule has 2 aromatic heterocycles. The van der Waals surface area contributed by atoms with Crippen LogP contribution >= 0.6 is 11.3 Å². The van der Waals surface area contributed by atoms with Gasteiger partial charge in [-0.2, -0.15) is 0 Å². The number of thiazole rings is 1. The first-order valence-electron chi connectivity index (χ1n) is 7.84. The molecule has 0 bridgehead atoms. The van der Waals surface area contributed by atoms with Crippen LogP contribution in [0.15, 0.2) is 42.0 Å². The summed E-state index contributed by atoms with van der Waals surface area (Å²) in [5.74, 6) is 0.177. The van der Waals surface area contributed by atoms with Gasteiger partial charge >= 0.3 is 0 Å². The van der Waals surface area contributed by atoms with Crippen LogP contribution in [0.3, 0.4) is 0 Å². The van der Waals surface area contributed by atoms with Crippen molar-refractivity contribution in [1.82, 2.24) is 14.7 Å². The summed E-state index contributed by atoms with van der Waals surface area (Å²) in [5, 5.41) is 8.30. The van der Waals surface area contributed by atoms with Crippen LogP contribution in [0.1, 0.15) is 12.8 Å². The minimum absolute atomic E-state index is 0.0725. The maximum atomic E-state index is 12.2. The predicted octanol–water partition coefficient (Wildman–Crippen LogP) is 3.00. The fraction of sp³-hybridized carbons (Fsp3) is 0.294. The van der Waals surface area contributed by atoms with E-state index in [1.807, 2.05) is 46.4 Å². The monoisotopic (exact) mass is 326 g/mol. The normalized spacial score (nSPS) is 18.2. The molecule has 1 aromatic carbocycles. The number of anilines is 1. The number of nitrogens with zero attached hydrogens (tertiary/aromatic N) is 2. The molecule has 0 spiro atoms. The first kappa shape index (κ1) is 14.4. The summed E-state index contributed by atoms with van der Waals surface area (Å²) in [6.07, 6.45) is 6.05. The van der Waals surface area contributed by atoms with Gasteiger partial charge in [-0.3, -0.25) is 9.20 Å². The highest BCUT2D eigenvalue weighted by atomic mass is 32.1. The number of amides is 1. The Morgan fingerprint density at radius 2 is 2.22 bits per heavy atom. The lowest BCUT2D eigenvalue weighted by molar-refractivity contribution is -0.120. The third-order valence-corrected chi connectivity index (χ3v) is 4.98. The number of piperidine rings is 1. The molecule has 3 aromatic rings. The summed E-state index contributed by atoms with van der Waals surface area (Å²) < 4.78 is 2.02. The lowest BCUT2D eigenvalue weighted by Crippen LogP contribution is -2.37. The molecule has 3 heterocycles. The molecule has 23 heavy (non-hydrogen) atoms. The summed E-state index contributed by atoms with van der Waals surface area (Å²) in [6.45, 7) is 1.79. The standard InChI is InChI=1S/C17H18N4OS/c22-16(13-2-1-7-18-10-13)19-14-5-3-12(4-6-14)15-11-21-8-9-23-17(21)20-15/h3-6,8-9,11,13,18H,1-2,7,10H2,(H,19,22)/t13-/m1/s1. The molecule has 5 nitrogen and oxygen atoms in total. The lowest BCUT2D eigenvalue weighted by atomic mass is 9.99. The molecule has 0 radical (unpaired) electrons. The quantitative estimate of drug-likeness (QED) is 0.778. The summed E-state index contributed by atoms with van der Waals surface area (Å²) in [5.41, 5.74) is 2.84. The summed E-state index contributed by atoms with van der Waals surface area (Å²) in [4.78, 5) is 17.8. The van der Waals surface area contributed by atoms with Crippen molar-refractivity contribution in [2.24, 2.45) is 5.92 Å². The Morgan fingerprint density at radius 1 is 1.35 bits per heavy atom. The molecule has 2 N–H and O–H groups in total. The van der Waals surface area contributed by atoms with Crippen LogP contribution in [0.5, 0.6) is 0 Å². The fourth-order valence-corrected chi connectivity index (χ4v) is 3.61. The number of fused-ring (bicyclic) bond motifs is 1. The highest BCUT2D eigenvalue weighted by Gasteiger charge is 2.20. The number of rotatable bonds is 3. The SMILES string of the molecule is O=C(Nc1ccc(-c2cn3ccsc3n2)cc1)[C@@H]1CCCNC1. The van der Waals surface area contributed by atoms with Crippen LogP contribution < -0.4 is 10.6 Å². The van der Waals surface area contributed by atoms with Crippen LogP contribution in [0, 0.1) is 5.92 Å². The van der Waals surface area contributed by atoms with E-state index in [1.165, 1.54) is 0 Å². The van der Waals surface area contributed by atoms with Gasteiger partial charge in [-0.15, -0.1) is 11.3 Å². The molecule has 1 saturated heterocycles. The summed E-state index contributed by atoms with van der Waals surface area (Å²) in [7, 11) is 0. The van der Waals surface area contributed by atoms with Crippen molar-refractivity contribution < 1.29 is 4.79 Å². The van der Waals surface area contributed by atoms with Crippen LogP contribution in [0.2, 0.25) is 0 Å². The number of hydrogen-bond acceptors (Lipinski definition) is 4. The van der Waals surface area contributed by atoms with Gasteiger partial charge in [-0.25, -0.2) is 4.98 Å². The second kappa shape index (κ2) is 6.14. The van der Waals surface area contributed by atoms with E-state index in [1.54, 1.807) is 11.3 Å². The van der Waals surface area contributed by atoms with Gasteiger partial charge in [-0.05, 0) is 31.5 Å². The topological polar surface area (TPSA) is 58.4 Å². The van der Waals surface area contributed by atoms with Gasteiger partial charge in [0, 0.05) is 35.6 Å². The van der Waals surface area contributed by atoms with Gasteiger partial charge < -0.3 is 10.6 Å². The number of benzene rings is 1. The van der Waals surface area contributed by atoms with Crippen molar-refractivity contribution in [3.05, 3.63) is 42.0 Å². The number of aromatic nitrogens is 2. The number of carbonyl (C=O) groups excluding carboxylic acids is 1. The van der Waals surface area contributed by atoms with Crippen LogP contribution in [0.4, 0.5) is 5.69 Å². The zero-order chi connectivity index (χ0) is 15.6. The largest absolute Gasteiger partial charge is 0.326 e. The Bertz CT molecular complexity index is 786. The van der Waals surface area contributed by atoms with Gasteiger partial charge in [0.2, 0.25) is 5.91 Å². The molecule has 1 amide bonds. The van der Waals surface area contributed by atoms with E-state index in [2.05, 4.69) is 15.6 Å². The third-order valence-electron chi connectivity index (χ3n) is 4.21. The maximum absolute atomic E-state index is 12.2. The highest BCUT2D eigenvalue weighted by Crippen LogP contribution is 2.23. The maximum Gasteiger partial charge on any atom is 0.228 e. The minimum atomic E-state index is 0.0725. The van der Waals surface area contributed by atoms with Crippen molar-refractivity contribution in [3.8, 4) is 11.3 Å². The molecule has 118 valence electrons. The molecular weight excluding hydrogens is 308 g/mol. The summed E-state index contributed by atoms with van der Waals surface area (Å²) in [6, 6.07) is 7.89. The van der Waals surface area contributed by atoms with E-state index in [4.69, 9.17) is 0 Å². The molecule has 0 saturated carbocycles. The number of imidazole rings is 1. The highest BCUT2D eigenvalue weighted by molar-refractivity contribution is 7.15. The number of nitrogens with one attached hydrogen (secondary N) is 2. The first-order chi connectivity index (χ1) is 11.3. The average Bonchev–Trinajstić information content (AvgIpc) is 3.18. The van der Waals surface area contributed by atoms with Crippen LogP contribution in [-0.2, 0) is 4.79 Å². The molecular formula is C17H18N4OS. The van der Waals surface area contributed by atoms with Crippen molar-refractivity contribution in [2.45, 2.75) is 12.8 Å². The lowest BCUT2D eigenvalue weighted by Gasteiger charge is -2.21. The molecule has 1 atom stereocenters. The molecule has 1 fully saturated rings. The smallest absolute Gasteiger partial charge is 0.228 e. The Hall–Kier alpha value is -2.18. The van der Waals surface area contributed by atoms with Crippen molar-refractivity contribution in [1.29, 1.82) is 0 Å². The zero-order valence-electron chi connectivity index (χ0n) is 12.7.